The summed E-state index contributed by atoms with van der Waals surface area (Å²) in [6.07, 6.45) is 2.60. The summed E-state index contributed by atoms with van der Waals surface area (Å²) >= 11 is 0. The fourth-order valence-corrected chi connectivity index (χ4v) is 2.31. The van der Waals surface area contributed by atoms with E-state index in [2.05, 4.69) is 0 Å². The summed E-state index contributed by atoms with van der Waals surface area (Å²) in [5, 5.41) is 0. The van der Waals surface area contributed by atoms with Crippen LogP contribution >= 0.6 is 0 Å². The minimum atomic E-state index is -0.229. The van der Waals surface area contributed by atoms with Gasteiger partial charge in [0, 0.05) is 18.1 Å². The van der Waals surface area contributed by atoms with Crippen molar-refractivity contribution in [3.05, 3.63) is 0 Å². The molecule has 0 aliphatic heterocycles. The molecule has 4 heteroatoms. The Labute approximate surface area is 98.1 Å². The second-order valence-electron chi connectivity index (χ2n) is 5.11. The Morgan fingerprint density at radius 3 is 2.19 bits per heavy atom. The molecular weight excluding hydrogens is 204 g/mol. The summed E-state index contributed by atoms with van der Waals surface area (Å²) in [6, 6.07) is 0.334. The van der Waals surface area contributed by atoms with E-state index in [-0.39, 0.29) is 30.3 Å². The second-order valence-corrected chi connectivity index (χ2v) is 5.11. The highest BCUT2D eigenvalue weighted by atomic mass is 16.6. The van der Waals surface area contributed by atoms with Crippen molar-refractivity contribution in [2.75, 3.05) is 0 Å². The summed E-state index contributed by atoms with van der Waals surface area (Å²) in [6.45, 7) is 7.98. The number of carbonyl (C=O) groups is 1. The van der Waals surface area contributed by atoms with Crippen LogP contribution in [0.15, 0.2) is 0 Å². The molecule has 0 aromatic rings. The van der Waals surface area contributed by atoms with Gasteiger partial charge in [-0.1, -0.05) is 0 Å². The molecule has 94 valence electrons. The van der Waals surface area contributed by atoms with Gasteiger partial charge in [0.2, 0.25) is 0 Å². The van der Waals surface area contributed by atoms with Gasteiger partial charge in [0.25, 0.3) is 0 Å². The van der Waals surface area contributed by atoms with Crippen molar-refractivity contribution < 1.29 is 9.53 Å². The first-order chi connectivity index (χ1) is 7.43. The number of nitrogens with two attached hydrogens (primary N) is 1. The predicted octanol–water partition coefficient (Wildman–Crippen LogP) is 2.12. The van der Waals surface area contributed by atoms with Crippen LogP contribution in [0.4, 0.5) is 4.79 Å². The fourth-order valence-electron chi connectivity index (χ4n) is 2.31. The average Bonchev–Trinajstić information content (AvgIpc) is 2.50. The normalized spacial score (nSPS) is 25.2. The quantitative estimate of drug-likeness (QED) is 0.805. The molecule has 0 aromatic carbocycles. The first kappa shape index (κ1) is 13.3. The van der Waals surface area contributed by atoms with Crippen LogP contribution in [0.2, 0.25) is 0 Å². The standard InChI is InChI=1S/C12H24N2O2/c1-8(2)14(9(3)4)12(15)16-11-7-5-6-10(11)13/h8-11H,5-7,13H2,1-4H3/t10-,11-/m1/s1. The minimum absolute atomic E-state index is 0.0186. The highest BCUT2D eigenvalue weighted by Crippen LogP contribution is 2.22. The van der Waals surface area contributed by atoms with Crippen LogP contribution < -0.4 is 5.73 Å². The summed E-state index contributed by atoms with van der Waals surface area (Å²) in [7, 11) is 0. The number of hydrogen-bond acceptors (Lipinski definition) is 3. The van der Waals surface area contributed by atoms with E-state index >= 15 is 0 Å². The van der Waals surface area contributed by atoms with E-state index in [1.807, 2.05) is 27.7 Å². The smallest absolute Gasteiger partial charge is 0.410 e. The average molecular weight is 228 g/mol. The Kier molecular flexibility index (Phi) is 4.59. The predicted molar refractivity (Wildman–Crippen MR) is 64.2 cm³/mol. The van der Waals surface area contributed by atoms with Gasteiger partial charge in [0.15, 0.2) is 0 Å². The van der Waals surface area contributed by atoms with Gasteiger partial charge in [-0.2, -0.15) is 0 Å². The Morgan fingerprint density at radius 2 is 1.81 bits per heavy atom. The van der Waals surface area contributed by atoms with Gasteiger partial charge in [0.1, 0.15) is 6.10 Å². The Balaban J connectivity index is 2.55. The molecule has 1 rings (SSSR count). The molecule has 0 spiro atoms. The lowest BCUT2D eigenvalue weighted by Crippen LogP contribution is -2.45. The minimum Gasteiger partial charge on any atom is -0.444 e. The number of ether oxygens (including phenoxy) is 1. The van der Waals surface area contributed by atoms with Crippen LogP contribution in [0.3, 0.4) is 0 Å². The van der Waals surface area contributed by atoms with E-state index in [0.717, 1.165) is 19.3 Å². The molecule has 2 N–H and O–H groups in total. The van der Waals surface area contributed by atoms with Crippen LogP contribution in [-0.4, -0.2) is 35.2 Å². The van der Waals surface area contributed by atoms with Crippen molar-refractivity contribution in [3.8, 4) is 0 Å². The van der Waals surface area contributed by atoms with E-state index in [1.165, 1.54) is 0 Å². The number of amides is 1. The van der Waals surface area contributed by atoms with Gasteiger partial charge in [-0.15, -0.1) is 0 Å². The van der Waals surface area contributed by atoms with Gasteiger partial charge in [0.05, 0.1) is 0 Å². The Morgan fingerprint density at radius 1 is 1.25 bits per heavy atom. The third-order valence-corrected chi connectivity index (χ3v) is 3.08. The van der Waals surface area contributed by atoms with E-state index < -0.39 is 0 Å². The first-order valence-electron chi connectivity index (χ1n) is 6.18. The molecule has 1 saturated carbocycles. The van der Waals surface area contributed by atoms with Crippen molar-refractivity contribution in [3.63, 3.8) is 0 Å². The lowest BCUT2D eigenvalue weighted by molar-refractivity contribution is 0.0424. The van der Waals surface area contributed by atoms with E-state index in [4.69, 9.17) is 10.5 Å². The van der Waals surface area contributed by atoms with E-state index in [9.17, 15) is 4.79 Å². The van der Waals surface area contributed by atoms with Crippen LogP contribution in [0.25, 0.3) is 0 Å². The fraction of sp³-hybridized carbons (Fsp3) is 0.917. The largest absolute Gasteiger partial charge is 0.444 e. The maximum Gasteiger partial charge on any atom is 0.410 e. The van der Waals surface area contributed by atoms with Crippen LogP contribution in [0, 0.1) is 0 Å². The molecule has 0 heterocycles. The molecule has 0 aromatic heterocycles. The Bertz CT molecular complexity index is 233. The summed E-state index contributed by atoms with van der Waals surface area (Å²) < 4.78 is 5.47. The monoisotopic (exact) mass is 228 g/mol. The summed E-state index contributed by atoms with van der Waals surface area (Å²) in [5.74, 6) is 0. The van der Waals surface area contributed by atoms with Gasteiger partial charge in [-0.05, 0) is 47.0 Å². The molecule has 0 bridgehead atoms. The Hall–Kier alpha value is -0.770. The molecule has 1 aliphatic rings. The third-order valence-electron chi connectivity index (χ3n) is 3.08. The highest BCUT2D eigenvalue weighted by Gasteiger charge is 2.30. The van der Waals surface area contributed by atoms with E-state index in [1.54, 1.807) is 4.90 Å². The van der Waals surface area contributed by atoms with Gasteiger partial charge < -0.3 is 15.4 Å². The molecule has 1 fully saturated rings. The number of carbonyl (C=O) groups excluding carboxylic acids is 1. The van der Waals surface area contributed by atoms with Crippen molar-refractivity contribution in [2.45, 2.75) is 71.2 Å². The van der Waals surface area contributed by atoms with Crippen molar-refractivity contribution in [1.29, 1.82) is 0 Å². The molecule has 0 saturated heterocycles. The topological polar surface area (TPSA) is 55.6 Å². The molecular formula is C12H24N2O2. The van der Waals surface area contributed by atoms with Crippen LogP contribution in [0.1, 0.15) is 47.0 Å². The maximum absolute atomic E-state index is 12.0. The van der Waals surface area contributed by atoms with Crippen molar-refractivity contribution in [2.24, 2.45) is 5.73 Å². The number of hydrogen-bond donors (Lipinski definition) is 1. The van der Waals surface area contributed by atoms with Crippen LogP contribution in [-0.2, 0) is 4.74 Å². The molecule has 16 heavy (non-hydrogen) atoms. The molecule has 0 unspecified atom stereocenters. The molecule has 4 nitrogen and oxygen atoms in total. The molecule has 0 radical (unpaired) electrons. The van der Waals surface area contributed by atoms with Crippen LogP contribution in [0.5, 0.6) is 0 Å². The molecule has 2 atom stereocenters. The highest BCUT2D eigenvalue weighted by molar-refractivity contribution is 5.68. The number of nitrogens with zero attached hydrogens (tertiary/aromatic N) is 1. The molecule has 1 amide bonds. The van der Waals surface area contributed by atoms with Gasteiger partial charge in [-0.3, -0.25) is 0 Å². The third kappa shape index (κ3) is 3.11. The maximum atomic E-state index is 12.0. The van der Waals surface area contributed by atoms with Crippen molar-refractivity contribution >= 4 is 6.09 Å². The summed E-state index contributed by atoms with van der Waals surface area (Å²) in [5.41, 5.74) is 5.88. The van der Waals surface area contributed by atoms with E-state index in [0.29, 0.717) is 0 Å². The first-order valence-corrected chi connectivity index (χ1v) is 6.18. The van der Waals surface area contributed by atoms with Crippen molar-refractivity contribution in [1.82, 2.24) is 4.90 Å². The lowest BCUT2D eigenvalue weighted by atomic mass is 10.2. The summed E-state index contributed by atoms with van der Waals surface area (Å²) in [4.78, 5) is 13.7. The van der Waals surface area contributed by atoms with Gasteiger partial charge in [-0.25, -0.2) is 4.79 Å². The van der Waals surface area contributed by atoms with Gasteiger partial charge >= 0.3 is 6.09 Å². The lowest BCUT2D eigenvalue weighted by Gasteiger charge is -2.31. The zero-order valence-electron chi connectivity index (χ0n) is 10.8. The zero-order valence-corrected chi connectivity index (χ0v) is 10.8. The zero-order chi connectivity index (χ0) is 12.3. The second kappa shape index (κ2) is 5.53. The molecule has 1 aliphatic carbocycles. The SMILES string of the molecule is CC(C)N(C(=O)O[C@@H]1CCC[C@H]1N)C(C)C. The number of rotatable bonds is 3.